The Kier molecular flexibility index (Phi) is 5.10. The second-order valence-electron chi connectivity index (χ2n) is 6.56. The van der Waals surface area contributed by atoms with Crippen LogP contribution in [-0.4, -0.2) is 44.6 Å². The van der Waals surface area contributed by atoms with E-state index in [0.29, 0.717) is 37.7 Å². The molecule has 0 unspecified atom stereocenters. The summed E-state index contributed by atoms with van der Waals surface area (Å²) in [4.78, 5) is 12.3. The number of primary sulfonamides is 1. The summed E-state index contributed by atoms with van der Waals surface area (Å²) in [5.41, 5.74) is 1.33. The first-order chi connectivity index (χ1) is 12.3. The Bertz CT molecular complexity index is 879. The van der Waals surface area contributed by atoms with Gasteiger partial charge in [-0.25, -0.2) is 27.9 Å². The number of benzene rings is 1. The van der Waals surface area contributed by atoms with Gasteiger partial charge in [-0.3, -0.25) is 0 Å². The normalized spacial score (nSPS) is 15.6. The quantitative estimate of drug-likeness (QED) is 0.869. The molecular weight excluding hydrogens is 357 g/mol. The second-order valence-corrected chi connectivity index (χ2v) is 8.13. The number of hydrogen-bond donors (Lipinski definition) is 1. The average Bonchev–Trinajstić information content (AvgIpc) is 2.61. The van der Waals surface area contributed by atoms with Crippen LogP contribution in [0, 0.1) is 5.82 Å². The van der Waals surface area contributed by atoms with Gasteiger partial charge in [0.2, 0.25) is 10.0 Å². The fraction of sp³-hybridized carbons (Fsp3) is 0.412. The van der Waals surface area contributed by atoms with Crippen molar-refractivity contribution < 1.29 is 12.8 Å². The molecule has 2 heterocycles. The summed E-state index contributed by atoms with van der Waals surface area (Å²) in [7, 11) is -3.69. The van der Waals surface area contributed by atoms with Crippen LogP contribution in [0.5, 0.6) is 0 Å². The molecule has 0 radical (unpaired) electrons. The number of hydrogen-bond acceptors (Lipinski definition) is 6. The van der Waals surface area contributed by atoms with Gasteiger partial charge >= 0.3 is 0 Å². The Hall–Kier alpha value is -2.26. The molecule has 0 spiro atoms. The maximum absolute atomic E-state index is 14.6. The molecule has 2 aromatic rings. The fourth-order valence-electron chi connectivity index (χ4n) is 3.02. The zero-order valence-corrected chi connectivity index (χ0v) is 15.6. The topological polar surface area (TPSA) is 92.4 Å². The summed E-state index contributed by atoms with van der Waals surface area (Å²) < 4.78 is 37.3. The van der Waals surface area contributed by atoms with Crippen LogP contribution in [0.3, 0.4) is 0 Å². The minimum atomic E-state index is -3.69. The highest BCUT2D eigenvalue weighted by Crippen LogP contribution is 2.25. The van der Waals surface area contributed by atoms with Crippen LogP contribution < -0.4 is 14.9 Å². The summed E-state index contributed by atoms with van der Waals surface area (Å²) in [6.07, 6.45) is 1.41. The van der Waals surface area contributed by atoms with Crippen molar-refractivity contribution in [3.63, 3.8) is 0 Å². The van der Waals surface area contributed by atoms with Crippen LogP contribution in [0.1, 0.15) is 25.5 Å². The van der Waals surface area contributed by atoms with E-state index in [4.69, 9.17) is 5.14 Å². The van der Waals surface area contributed by atoms with E-state index in [9.17, 15) is 12.8 Å². The van der Waals surface area contributed by atoms with Crippen molar-refractivity contribution in [3.8, 4) is 0 Å². The zero-order chi connectivity index (χ0) is 18.9. The Morgan fingerprint density at radius 1 is 1.04 bits per heavy atom. The summed E-state index contributed by atoms with van der Waals surface area (Å²) in [6, 6.07) is 6.46. The largest absolute Gasteiger partial charge is 0.368 e. The predicted molar refractivity (Wildman–Crippen MR) is 98.3 cm³/mol. The lowest BCUT2D eigenvalue weighted by atomic mass is 10.1. The minimum absolute atomic E-state index is 0.00428. The third kappa shape index (κ3) is 3.78. The van der Waals surface area contributed by atoms with Gasteiger partial charge in [0.1, 0.15) is 6.33 Å². The number of halogens is 1. The van der Waals surface area contributed by atoms with Crippen molar-refractivity contribution in [3.05, 3.63) is 42.1 Å². The molecule has 1 aromatic heterocycles. The first-order valence-corrected chi connectivity index (χ1v) is 9.95. The SMILES string of the molecule is CC(C)c1ncnc(N2CCN(c3ccc(S(N)(=O)=O)cc3)CC2)c1F. The molecule has 0 atom stereocenters. The van der Waals surface area contributed by atoms with Crippen molar-refractivity contribution in [2.24, 2.45) is 5.14 Å². The highest BCUT2D eigenvalue weighted by atomic mass is 32.2. The van der Waals surface area contributed by atoms with E-state index in [1.54, 1.807) is 12.1 Å². The molecule has 0 aliphatic carbocycles. The number of piperazine rings is 1. The minimum Gasteiger partial charge on any atom is -0.368 e. The Labute approximate surface area is 152 Å². The summed E-state index contributed by atoms with van der Waals surface area (Å²) in [5.74, 6) is -0.0169. The van der Waals surface area contributed by atoms with E-state index in [1.807, 2.05) is 18.7 Å². The van der Waals surface area contributed by atoms with Crippen molar-refractivity contribution in [1.82, 2.24) is 9.97 Å². The van der Waals surface area contributed by atoms with E-state index in [0.717, 1.165) is 5.69 Å². The molecule has 0 saturated carbocycles. The van der Waals surface area contributed by atoms with Gasteiger partial charge in [0.25, 0.3) is 0 Å². The lowest BCUT2D eigenvalue weighted by Crippen LogP contribution is -2.47. The first kappa shape index (κ1) is 18.5. The molecule has 1 saturated heterocycles. The molecule has 0 amide bonds. The average molecular weight is 379 g/mol. The number of anilines is 2. The smallest absolute Gasteiger partial charge is 0.238 e. The molecule has 1 aromatic carbocycles. The maximum Gasteiger partial charge on any atom is 0.238 e. The maximum atomic E-state index is 14.6. The van der Waals surface area contributed by atoms with Gasteiger partial charge in [0.15, 0.2) is 11.6 Å². The van der Waals surface area contributed by atoms with Crippen LogP contribution >= 0.6 is 0 Å². The number of nitrogens with two attached hydrogens (primary N) is 1. The third-order valence-corrected chi connectivity index (χ3v) is 5.38. The molecule has 1 aliphatic heterocycles. The van der Waals surface area contributed by atoms with E-state index >= 15 is 0 Å². The van der Waals surface area contributed by atoms with Gasteiger partial charge in [-0.05, 0) is 30.2 Å². The molecule has 2 N–H and O–H groups in total. The molecule has 7 nitrogen and oxygen atoms in total. The van der Waals surface area contributed by atoms with E-state index in [2.05, 4.69) is 14.9 Å². The molecule has 1 aliphatic rings. The standard InChI is InChI=1S/C17H22FN5O2S/c1-12(2)16-15(18)17(21-11-20-16)23-9-7-22(8-10-23)13-3-5-14(6-4-13)26(19,24)25/h3-6,11-12H,7-10H2,1-2H3,(H2,19,24,25). The highest BCUT2D eigenvalue weighted by molar-refractivity contribution is 7.89. The molecular formula is C17H22FN5O2S. The van der Waals surface area contributed by atoms with Gasteiger partial charge in [-0.2, -0.15) is 0 Å². The Balaban J connectivity index is 1.71. The Morgan fingerprint density at radius 2 is 1.62 bits per heavy atom. The van der Waals surface area contributed by atoms with Crippen molar-refractivity contribution >= 4 is 21.5 Å². The monoisotopic (exact) mass is 379 g/mol. The van der Waals surface area contributed by atoms with Gasteiger partial charge in [-0.15, -0.1) is 0 Å². The lowest BCUT2D eigenvalue weighted by molar-refractivity contribution is 0.557. The van der Waals surface area contributed by atoms with Crippen molar-refractivity contribution in [2.75, 3.05) is 36.0 Å². The van der Waals surface area contributed by atoms with E-state index in [-0.39, 0.29) is 16.6 Å². The summed E-state index contributed by atoms with van der Waals surface area (Å²) in [6.45, 7) is 6.38. The molecule has 9 heteroatoms. The van der Waals surface area contributed by atoms with E-state index in [1.165, 1.54) is 18.5 Å². The first-order valence-electron chi connectivity index (χ1n) is 8.40. The van der Waals surface area contributed by atoms with Gasteiger partial charge in [0, 0.05) is 31.9 Å². The van der Waals surface area contributed by atoms with Crippen molar-refractivity contribution in [1.29, 1.82) is 0 Å². The van der Waals surface area contributed by atoms with Crippen LogP contribution in [-0.2, 0) is 10.0 Å². The zero-order valence-electron chi connectivity index (χ0n) is 14.8. The molecule has 26 heavy (non-hydrogen) atoms. The fourth-order valence-corrected chi connectivity index (χ4v) is 3.54. The number of sulfonamides is 1. The summed E-state index contributed by atoms with van der Waals surface area (Å²) in [5, 5.41) is 5.12. The molecule has 3 rings (SSSR count). The predicted octanol–water partition coefficient (Wildman–Crippen LogP) is 1.71. The van der Waals surface area contributed by atoms with Crippen LogP contribution in [0.4, 0.5) is 15.9 Å². The molecule has 140 valence electrons. The molecule has 1 fully saturated rings. The van der Waals surface area contributed by atoms with Crippen molar-refractivity contribution in [2.45, 2.75) is 24.7 Å². The molecule has 0 bridgehead atoms. The van der Waals surface area contributed by atoms with Crippen LogP contribution in [0.2, 0.25) is 0 Å². The van der Waals surface area contributed by atoms with Gasteiger partial charge in [-0.1, -0.05) is 13.8 Å². The van der Waals surface area contributed by atoms with Crippen LogP contribution in [0.25, 0.3) is 0 Å². The summed E-state index contributed by atoms with van der Waals surface area (Å²) >= 11 is 0. The Morgan fingerprint density at radius 3 is 2.15 bits per heavy atom. The van der Waals surface area contributed by atoms with Gasteiger partial charge in [0.05, 0.1) is 10.6 Å². The highest BCUT2D eigenvalue weighted by Gasteiger charge is 2.23. The van der Waals surface area contributed by atoms with E-state index < -0.39 is 10.0 Å². The number of rotatable bonds is 4. The van der Waals surface area contributed by atoms with Crippen LogP contribution in [0.15, 0.2) is 35.5 Å². The van der Waals surface area contributed by atoms with Gasteiger partial charge < -0.3 is 9.80 Å². The number of nitrogens with zero attached hydrogens (tertiary/aromatic N) is 4. The second kappa shape index (κ2) is 7.16. The number of aromatic nitrogens is 2. The lowest BCUT2D eigenvalue weighted by Gasteiger charge is -2.37. The third-order valence-electron chi connectivity index (χ3n) is 4.45.